The largest absolute Gasteiger partial charge is 0.371 e. The molecule has 13 heavy (non-hydrogen) atoms. The van der Waals surface area contributed by atoms with Gasteiger partial charge < -0.3 is 5.32 Å². The average Bonchev–Trinajstić information content (AvgIpc) is 2.02. The van der Waals surface area contributed by atoms with Gasteiger partial charge in [-0.05, 0) is 18.6 Å². The lowest BCUT2D eigenvalue weighted by Crippen LogP contribution is -2.15. The van der Waals surface area contributed by atoms with Gasteiger partial charge in [0, 0.05) is 12.5 Å². The van der Waals surface area contributed by atoms with E-state index in [-0.39, 0.29) is 5.41 Å². The summed E-state index contributed by atoms with van der Waals surface area (Å²) in [7, 11) is 1.85. The highest BCUT2D eigenvalue weighted by Crippen LogP contribution is 2.21. The molecule has 0 amide bonds. The molecule has 72 valence electrons. The smallest absolute Gasteiger partial charge is 0.151 e. The lowest BCUT2D eigenvalue weighted by Gasteiger charge is -2.17. The number of anilines is 1. The molecule has 1 aromatic heterocycles. The Hall–Kier alpha value is -1.12. The van der Waals surface area contributed by atoms with Gasteiger partial charge in [-0.25, -0.2) is 0 Å². The molecular weight excluding hydrogens is 162 g/mol. The fourth-order valence-electron chi connectivity index (χ4n) is 1.10. The maximum absolute atomic E-state index is 4.17. The van der Waals surface area contributed by atoms with Crippen LogP contribution in [0.3, 0.4) is 0 Å². The predicted molar refractivity (Wildman–Crippen MR) is 55.0 cm³/mol. The number of nitrogens with zero attached hydrogens (tertiary/aromatic N) is 2. The summed E-state index contributed by atoms with van der Waals surface area (Å²) in [4.78, 5) is 0. The molecule has 1 heterocycles. The van der Waals surface area contributed by atoms with E-state index in [1.165, 1.54) is 0 Å². The Balaban J connectivity index is 3.10. The van der Waals surface area contributed by atoms with E-state index in [9.17, 15) is 0 Å². The van der Waals surface area contributed by atoms with Crippen LogP contribution in [0.4, 0.5) is 5.82 Å². The minimum Gasteiger partial charge on any atom is -0.371 e. The topological polar surface area (TPSA) is 37.8 Å². The van der Waals surface area contributed by atoms with Gasteiger partial charge in [-0.3, -0.25) is 0 Å². The van der Waals surface area contributed by atoms with Gasteiger partial charge in [-0.1, -0.05) is 20.8 Å². The van der Waals surface area contributed by atoms with Crippen molar-refractivity contribution in [3.63, 3.8) is 0 Å². The van der Waals surface area contributed by atoms with Gasteiger partial charge in [-0.15, -0.1) is 5.10 Å². The van der Waals surface area contributed by atoms with Crippen molar-refractivity contribution >= 4 is 5.82 Å². The first-order valence-corrected chi connectivity index (χ1v) is 4.47. The Kier molecular flexibility index (Phi) is 2.55. The summed E-state index contributed by atoms with van der Waals surface area (Å²) in [6, 6.07) is 2.08. The summed E-state index contributed by atoms with van der Waals surface area (Å²) in [6.07, 6.45) is 0. The molecule has 1 aromatic rings. The highest BCUT2D eigenvalue weighted by Gasteiger charge is 2.16. The SMILES string of the molecule is CNc1nnc(C(C)(C)C)cc1C. The minimum atomic E-state index is 0.0734. The molecule has 3 heteroatoms. The van der Waals surface area contributed by atoms with Crippen LogP contribution in [0.15, 0.2) is 6.07 Å². The number of aromatic nitrogens is 2. The molecule has 1 N–H and O–H groups in total. The maximum atomic E-state index is 4.17. The molecule has 0 spiro atoms. The zero-order valence-corrected chi connectivity index (χ0v) is 8.97. The second-order valence-electron chi connectivity index (χ2n) is 4.26. The van der Waals surface area contributed by atoms with Crippen LogP contribution in [-0.2, 0) is 5.41 Å². The maximum Gasteiger partial charge on any atom is 0.151 e. The molecule has 0 aliphatic carbocycles. The lowest BCUT2D eigenvalue weighted by atomic mass is 9.91. The van der Waals surface area contributed by atoms with Crippen molar-refractivity contribution in [1.82, 2.24) is 10.2 Å². The van der Waals surface area contributed by atoms with Crippen LogP contribution in [0.25, 0.3) is 0 Å². The van der Waals surface area contributed by atoms with E-state index in [0.29, 0.717) is 0 Å². The van der Waals surface area contributed by atoms with Gasteiger partial charge in [0.15, 0.2) is 5.82 Å². The van der Waals surface area contributed by atoms with E-state index in [4.69, 9.17) is 0 Å². The monoisotopic (exact) mass is 179 g/mol. The van der Waals surface area contributed by atoms with Crippen molar-refractivity contribution in [3.8, 4) is 0 Å². The van der Waals surface area contributed by atoms with E-state index < -0.39 is 0 Å². The van der Waals surface area contributed by atoms with Crippen LogP contribution in [0, 0.1) is 6.92 Å². The zero-order valence-electron chi connectivity index (χ0n) is 8.97. The minimum absolute atomic E-state index is 0.0734. The molecule has 0 bridgehead atoms. The lowest BCUT2D eigenvalue weighted by molar-refractivity contribution is 0.558. The summed E-state index contributed by atoms with van der Waals surface area (Å²) < 4.78 is 0. The number of rotatable bonds is 1. The molecule has 0 unspecified atom stereocenters. The summed E-state index contributed by atoms with van der Waals surface area (Å²) >= 11 is 0. The van der Waals surface area contributed by atoms with Crippen LogP contribution < -0.4 is 5.32 Å². The molecular formula is C10H17N3. The Morgan fingerprint density at radius 2 is 1.85 bits per heavy atom. The molecule has 0 aliphatic heterocycles. The van der Waals surface area contributed by atoms with E-state index in [1.807, 2.05) is 14.0 Å². The summed E-state index contributed by atoms with van der Waals surface area (Å²) in [5.74, 6) is 0.855. The number of hydrogen-bond acceptors (Lipinski definition) is 3. The summed E-state index contributed by atoms with van der Waals surface area (Å²) in [5.41, 5.74) is 2.25. The van der Waals surface area contributed by atoms with Crippen molar-refractivity contribution < 1.29 is 0 Å². The van der Waals surface area contributed by atoms with E-state index in [2.05, 4.69) is 42.4 Å². The molecule has 3 nitrogen and oxygen atoms in total. The summed E-state index contributed by atoms with van der Waals surface area (Å²) in [5, 5.41) is 11.3. The molecule has 0 atom stereocenters. The van der Waals surface area contributed by atoms with Crippen LogP contribution in [0.1, 0.15) is 32.0 Å². The van der Waals surface area contributed by atoms with Gasteiger partial charge in [0.2, 0.25) is 0 Å². The second kappa shape index (κ2) is 3.32. The van der Waals surface area contributed by atoms with Gasteiger partial charge in [0.1, 0.15) is 0 Å². The Labute approximate surface area is 79.6 Å². The van der Waals surface area contributed by atoms with Crippen LogP contribution in [0.2, 0.25) is 0 Å². The first-order valence-electron chi connectivity index (χ1n) is 4.47. The third-order valence-electron chi connectivity index (χ3n) is 1.99. The number of hydrogen-bond donors (Lipinski definition) is 1. The number of aryl methyl sites for hydroxylation is 1. The fraction of sp³-hybridized carbons (Fsp3) is 0.600. The molecule has 0 saturated heterocycles. The molecule has 0 fully saturated rings. The highest BCUT2D eigenvalue weighted by atomic mass is 15.2. The van der Waals surface area contributed by atoms with E-state index >= 15 is 0 Å². The van der Waals surface area contributed by atoms with Gasteiger partial charge in [0.05, 0.1) is 5.69 Å². The molecule has 0 radical (unpaired) electrons. The van der Waals surface area contributed by atoms with E-state index in [0.717, 1.165) is 17.1 Å². The van der Waals surface area contributed by atoms with Crippen LogP contribution in [-0.4, -0.2) is 17.2 Å². The van der Waals surface area contributed by atoms with Crippen molar-refractivity contribution in [2.45, 2.75) is 33.1 Å². The first-order chi connectivity index (χ1) is 5.95. The Bertz CT molecular complexity index is 300. The fourth-order valence-corrected chi connectivity index (χ4v) is 1.10. The second-order valence-corrected chi connectivity index (χ2v) is 4.26. The van der Waals surface area contributed by atoms with Crippen molar-refractivity contribution in [3.05, 3.63) is 17.3 Å². The van der Waals surface area contributed by atoms with E-state index in [1.54, 1.807) is 0 Å². The molecule has 0 aliphatic rings. The first kappa shape index (κ1) is 9.96. The Morgan fingerprint density at radius 1 is 1.23 bits per heavy atom. The quantitative estimate of drug-likeness (QED) is 0.717. The third kappa shape index (κ3) is 2.17. The number of nitrogens with one attached hydrogen (secondary N) is 1. The predicted octanol–water partition coefficient (Wildman–Crippen LogP) is 2.12. The Morgan fingerprint density at radius 3 is 2.23 bits per heavy atom. The summed E-state index contributed by atoms with van der Waals surface area (Å²) in [6.45, 7) is 8.44. The van der Waals surface area contributed by atoms with Gasteiger partial charge in [-0.2, -0.15) is 5.10 Å². The van der Waals surface area contributed by atoms with Crippen molar-refractivity contribution in [2.24, 2.45) is 0 Å². The molecule has 0 saturated carbocycles. The zero-order chi connectivity index (χ0) is 10.1. The van der Waals surface area contributed by atoms with Crippen molar-refractivity contribution in [1.29, 1.82) is 0 Å². The average molecular weight is 179 g/mol. The third-order valence-corrected chi connectivity index (χ3v) is 1.99. The van der Waals surface area contributed by atoms with Crippen LogP contribution in [0.5, 0.6) is 0 Å². The van der Waals surface area contributed by atoms with Crippen LogP contribution >= 0.6 is 0 Å². The normalized spacial score (nSPS) is 11.5. The standard InChI is InChI=1S/C10H17N3/c1-7-6-8(10(2,3)4)12-13-9(7)11-5/h6H,1-5H3,(H,11,13). The van der Waals surface area contributed by atoms with Crippen molar-refractivity contribution in [2.75, 3.05) is 12.4 Å². The highest BCUT2D eigenvalue weighted by molar-refractivity contribution is 5.42. The molecule has 0 aromatic carbocycles. The van der Waals surface area contributed by atoms with Gasteiger partial charge in [0.25, 0.3) is 0 Å². The molecule has 1 rings (SSSR count). The van der Waals surface area contributed by atoms with Gasteiger partial charge >= 0.3 is 0 Å².